The molecular formula is C9H17BrO3. The maximum atomic E-state index is 11.0. The molecule has 0 heterocycles. The van der Waals surface area contributed by atoms with E-state index in [1.807, 2.05) is 20.8 Å². The molecule has 0 aliphatic carbocycles. The van der Waals surface area contributed by atoms with Crippen molar-refractivity contribution in [2.45, 2.75) is 31.5 Å². The summed E-state index contributed by atoms with van der Waals surface area (Å²) >= 11 is 3.38. The standard InChI is InChI=1S/C9H17BrO3/c1-4-12-6-5-8(11)13-7-9(2,3)10/h4-7H2,1-3H3. The monoisotopic (exact) mass is 252 g/mol. The van der Waals surface area contributed by atoms with Gasteiger partial charge in [0.05, 0.1) is 17.4 Å². The average Bonchev–Trinajstić information content (AvgIpc) is 2.00. The average molecular weight is 253 g/mol. The van der Waals surface area contributed by atoms with Crippen LogP contribution in [0.25, 0.3) is 0 Å². The molecule has 0 amide bonds. The van der Waals surface area contributed by atoms with Crippen LogP contribution >= 0.6 is 15.9 Å². The van der Waals surface area contributed by atoms with E-state index in [4.69, 9.17) is 9.47 Å². The third-order valence-electron chi connectivity index (χ3n) is 1.23. The zero-order valence-electron chi connectivity index (χ0n) is 8.43. The Morgan fingerprint density at radius 1 is 1.46 bits per heavy atom. The maximum Gasteiger partial charge on any atom is 0.308 e. The summed E-state index contributed by atoms with van der Waals surface area (Å²) in [7, 11) is 0. The van der Waals surface area contributed by atoms with Crippen molar-refractivity contribution in [2.24, 2.45) is 0 Å². The molecule has 0 aliphatic heterocycles. The zero-order valence-corrected chi connectivity index (χ0v) is 10.0. The third-order valence-corrected chi connectivity index (χ3v) is 1.46. The van der Waals surface area contributed by atoms with Gasteiger partial charge in [0.2, 0.25) is 0 Å². The van der Waals surface area contributed by atoms with Crippen molar-refractivity contribution in [3.8, 4) is 0 Å². The van der Waals surface area contributed by atoms with Gasteiger partial charge in [-0.15, -0.1) is 0 Å². The quantitative estimate of drug-likeness (QED) is 0.413. The predicted molar refractivity (Wildman–Crippen MR) is 55.1 cm³/mol. The number of alkyl halides is 1. The minimum atomic E-state index is -0.207. The van der Waals surface area contributed by atoms with Gasteiger partial charge in [0.1, 0.15) is 6.61 Å². The molecule has 78 valence electrons. The molecule has 0 aromatic heterocycles. The summed E-state index contributed by atoms with van der Waals surface area (Å²) in [5.74, 6) is -0.207. The Kier molecular flexibility index (Phi) is 6.33. The van der Waals surface area contributed by atoms with E-state index in [-0.39, 0.29) is 10.3 Å². The van der Waals surface area contributed by atoms with Gasteiger partial charge >= 0.3 is 5.97 Å². The highest BCUT2D eigenvalue weighted by Gasteiger charge is 2.15. The molecule has 0 rings (SSSR count). The Labute approximate surface area is 87.9 Å². The number of hydrogen-bond donors (Lipinski definition) is 0. The molecular weight excluding hydrogens is 236 g/mol. The fraction of sp³-hybridized carbons (Fsp3) is 0.889. The Morgan fingerprint density at radius 2 is 2.08 bits per heavy atom. The van der Waals surface area contributed by atoms with Crippen LogP contribution in [0.1, 0.15) is 27.2 Å². The summed E-state index contributed by atoms with van der Waals surface area (Å²) in [6.07, 6.45) is 0.330. The fourth-order valence-corrected chi connectivity index (χ4v) is 0.739. The third kappa shape index (κ3) is 9.83. The van der Waals surface area contributed by atoms with E-state index >= 15 is 0 Å². The van der Waals surface area contributed by atoms with Crippen molar-refractivity contribution in [1.82, 2.24) is 0 Å². The minimum absolute atomic E-state index is 0.145. The summed E-state index contributed by atoms with van der Waals surface area (Å²) in [5, 5.41) is 0. The molecule has 4 heteroatoms. The number of carbonyl (C=O) groups excluding carboxylic acids is 1. The van der Waals surface area contributed by atoms with E-state index in [9.17, 15) is 4.79 Å². The van der Waals surface area contributed by atoms with Gasteiger partial charge < -0.3 is 9.47 Å². The molecule has 0 aromatic rings. The molecule has 0 spiro atoms. The number of hydrogen-bond acceptors (Lipinski definition) is 3. The Hall–Kier alpha value is -0.0900. The van der Waals surface area contributed by atoms with Crippen molar-refractivity contribution in [2.75, 3.05) is 19.8 Å². The van der Waals surface area contributed by atoms with Crippen LogP contribution in [0.2, 0.25) is 0 Å². The predicted octanol–water partition coefficient (Wildman–Crippen LogP) is 2.13. The van der Waals surface area contributed by atoms with Gasteiger partial charge in [-0.2, -0.15) is 0 Å². The number of esters is 1. The molecule has 13 heavy (non-hydrogen) atoms. The van der Waals surface area contributed by atoms with E-state index in [0.29, 0.717) is 26.2 Å². The summed E-state index contributed by atoms with van der Waals surface area (Å²) < 4.78 is 9.87. The van der Waals surface area contributed by atoms with E-state index in [1.165, 1.54) is 0 Å². The second-order valence-electron chi connectivity index (χ2n) is 3.33. The molecule has 0 aliphatic rings. The smallest absolute Gasteiger partial charge is 0.308 e. The van der Waals surface area contributed by atoms with Gasteiger partial charge in [-0.1, -0.05) is 15.9 Å². The highest BCUT2D eigenvalue weighted by atomic mass is 79.9. The summed E-state index contributed by atoms with van der Waals surface area (Å²) in [4.78, 5) is 11.0. The first kappa shape index (κ1) is 12.9. The maximum absolute atomic E-state index is 11.0. The van der Waals surface area contributed by atoms with Crippen LogP contribution in [0, 0.1) is 0 Å². The lowest BCUT2D eigenvalue weighted by molar-refractivity contribution is -0.145. The van der Waals surface area contributed by atoms with Crippen LogP contribution in [0.5, 0.6) is 0 Å². The molecule has 0 aromatic carbocycles. The van der Waals surface area contributed by atoms with Gasteiger partial charge in [0.15, 0.2) is 0 Å². The molecule has 0 saturated heterocycles. The van der Waals surface area contributed by atoms with Gasteiger partial charge in [0, 0.05) is 6.61 Å². The van der Waals surface area contributed by atoms with E-state index in [1.54, 1.807) is 0 Å². The molecule has 0 atom stereocenters. The number of carbonyl (C=O) groups is 1. The van der Waals surface area contributed by atoms with Crippen LogP contribution in [-0.4, -0.2) is 30.1 Å². The second-order valence-corrected chi connectivity index (χ2v) is 5.47. The van der Waals surface area contributed by atoms with Crippen LogP contribution in [0.3, 0.4) is 0 Å². The van der Waals surface area contributed by atoms with Crippen LogP contribution in [0.4, 0.5) is 0 Å². The lowest BCUT2D eigenvalue weighted by Crippen LogP contribution is -2.22. The topological polar surface area (TPSA) is 35.5 Å². The molecule has 0 fully saturated rings. The first-order valence-corrected chi connectivity index (χ1v) is 5.17. The SMILES string of the molecule is CCOCCC(=O)OCC(C)(C)Br. The van der Waals surface area contributed by atoms with Gasteiger partial charge in [0.25, 0.3) is 0 Å². The Bertz CT molecular complexity index is 151. The Morgan fingerprint density at radius 3 is 2.54 bits per heavy atom. The van der Waals surface area contributed by atoms with Gasteiger partial charge in [-0.25, -0.2) is 0 Å². The minimum Gasteiger partial charge on any atom is -0.464 e. The first-order valence-electron chi connectivity index (χ1n) is 4.38. The number of ether oxygens (including phenoxy) is 2. The molecule has 3 nitrogen and oxygen atoms in total. The largest absolute Gasteiger partial charge is 0.464 e. The van der Waals surface area contributed by atoms with E-state index in [2.05, 4.69) is 15.9 Å². The normalized spacial score (nSPS) is 11.4. The van der Waals surface area contributed by atoms with E-state index < -0.39 is 0 Å². The van der Waals surface area contributed by atoms with Crippen molar-refractivity contribution >= 4 is 21.9 Å². The number of rotatable bonds is 6. The highest BCUT2D eigenvalue weighted by Crippen LogP contribution is 2.15. The van der Waals surface area contributed by atoms with Gasteiger partial charge in [-0.05, 0) is 20.8 Å². The van der Waals surface area contributed by atoms with Crippen LogP contribution < -0.4 is 0 Å². The molecule has 0 bridgehead atoms. The van der Waals surface area contributed by atoms with Crippen LogP contribution in [-0.2, 0) is 14.3 Å². The highest BCUT2D eigenvalue weighted by molar-refractivity contribution is 9.10. The summed E-state index contributed by atoms with van der Waals surface area (Å²) in [5.41, 5.74) is 0. The number of halogens is 1. The van der Waals surface area contributed by atoms with Crippen molar-refractivity contribution in [3.63, 3.8) is 0 Å². The molecule has 0 saturated carbocycles. The fourth-order valence-electron chi connectivity index (χ4n) is 0.624. The first-order chi connectivity index (χ1) is 5.95. The van der Waals surface area contributed by atoms with Crippen molar-refractivity contribution in [3.05, 3.63) is 0 Å². The Balaban J connectivity index is 3.41. The molecule has 0 radical (unpaired) electrons. The van der Waals surface area contributed by atoms with Crippen molar-refractivity contribution in [1.29, 1.82) is 0 Å². The molecule has 0 unspecified atom stereocenters. The molecule has 0 N–H and O–H groups in total. The van der Waals surface area contributed by atoms with E-state index in [0.717, 1.165) is 0 Å². The summed E-state index contributed by atoms with van der Waals surface area (Å²) in [6, 6.07) is 0. The van der Waals surface area contributed by atoms with Gasteiger partial charge in [-0.3, -0.25) is 4.79 Å². The van der Waals surface area contributed by atoms with Crippen molar-refractivity contribution < 1.29 is 14.3 Å². The van der Waals surface area contributed by atoms with Crippen LogP contribution in [0.15, 0.2) is 0 Å². The summed E-state index contributed by atoms with van der Waals surface area (Å²) in [6.45, 7) is 7.26. The zero-order chi connectivity index (χ0) is 10.3. The lowest BCUT2D eigenvalue weighted by Gasteiger charge is -2.15. The second kappa shape index (κ2) is 6.38. The lowest BCUT2D eigenvalue weighted by atomic mass is 10.2.